The molecule has 1 N–H and O–H groups in total. The summed E-state index contributed by atoms with van der Waals surface area (Å²) >= 11 is 1.19. The topological polar surface area (TPSA) is 86.6 Å². The van der Waals surface area contributed by atoms with Gasteiger partial charge in [0.1, 0.15) is 22.1 Å². The Hall–Kier alpha value is -3.39. The van der Waals surface area contributed by atoms with E-state index in [1.54, 1.807) is 36.4 Å². The number of hydrogen-bond acceptors (Lipinski definition) is 8. The molecule has 2 heterocycles. The lowest BCUT2D eigenvalue weighted by Crippen LogP contribution is -2.10. The number of carbonyl (C=O) groups is 1. The van der Waals surface area contributed by atoms with E-state index in [0.29, 0.717) is 33.7 Å². The van der Waals surface area contributed by atoms with Crippen LogP contribution in [0.15, 0.2) is 63.7 Å². The van der Waals surface area contributed by atoms with Crippen molar-refractivity contribution in [3.8, 4) is 17.2 Å². The molecule has 0 saturated carbocycles. The predicted octanol–water partition coefficient (Wildman–Crippen LogP) is 4.62. The highest BCUT2D eigenvalue weighted by Gasteiger charge is 2.33. The van der Waals surface area contributed by atoms with E-state index >= 15 is 0 Å². The number of aliphatic hydroxyl groups is 1. The Kier molecular flexibility index (Phi) is 5.67. The Balaban J connectivity index is 1.67. The van der Waals surface area contributed by atoms with Crippen LogP contribution in [0.4, 0.5) is 5.69 Å². The number of thioether (sulfide) groups is 1. The Bertz CT molecular complexity index is 1070. The number of esters is 1. The van der Waals surface area contributed by atoms with Gasteiger partial charge in [-0.3, -0.25) is 0 Å². The van der Waals surface area contributed by atoms with Gasteiger partial charge in [0.2, 0.25) is 6.79 Å². The van der Waals surface area contributed by atoms with Crippen molar-refractivity contribution in [1.82, 2.24) is 0 Å². The molecule has 7 nitrogen and oxygen atoms in total. The van der Waals surface area contributed by atoms with E-state index in [9.17, 15) is 9.90 Å². The smallest absolute Gasteiger partial charge is 0.344 e. The van der Waals surface area contributed by atoms with Crippen LogP contribution in [0, 0.1) is 0 Å². The molecule has 0 unspecified atom stereocenters. The number of benzene rings is 2. The highest BCUT2D eigenvalue weighted by Crippen LogP contribution is 2.41. The van der Waals surface area contributed by atoms with Crippen molar-refractivity contribution in [1.29, 1.82) is 0 Å². The maximum Gasteiger partial charge on any atom is 0.344 e. The summed E-state index contributed by atoms with van der Waals surface area (Å²) in [7, 11) is 1.27. The van der Waals surface area contributed by atoms with Gasteiger partial charge in [-0.2, -0.15) is 0 Å². The number of carbonyl (C=O) groups excluding carboxylic acids is 1. The zero-order valence-corrected chi connectivity index (χ0v) is 17.2. The average Bonchev–Trinajstić information content (AvgIpc) is 3.33. The average molecular weight is 425 g/mol. The van der Waals surface area contributed by atoms with Crippen LogP contribution in [0.25, 0.3) is 6.08 Å². The van der Waals surface area contributed by atoms with Crippen LogP contribution in [0.5, 0.6) is 17.2 Å². The highest BCUT2D eigenvalue weighted by atomic mass is 32.2. The molecule has 0 bridgehead atoms. The van der Waals surface area contributed by atoms with Gasteiger partial charge in [-0.05, 0) is 55.0 Å². The zero-order chi connectivity index (χ0) is 21.1. The maximum atomic E-state index is 12.3. The molecular formula is C22H19NO6S. The van der Waals surface area contributed by atoms with Gasteiger partial charge >= 0.3 is 5.97 Å². The monoisotopic (exact) mass is 425 g/mol. The molecule has 0 spiro atoms. The summed E-state index contributed by atoms with van der Waals surface area (Å²) in [5.41, 5.74) is 1.45. The molecular weight excluding hydrogens is 406 g/mol. The number of hydrogen-bond donors (Lipinski definition) is 1. The first kappa shape index (κ1) is 19.9. The third kappa shape index (κ3) is 3.99. The summed E-state index contributed by atoms with van der Waals surface area (Å²) in [4.78, 5) is 17.3. The molecule has 0 atom stereocenters. The summed E-state index contributed by atoms with van der Waals surface area (Å²) < 4.78 is 21.0. The van der Waals surface area contributed by atoms with Gasteiger partial charge in [-0.15, -0.1) is 0 Å². The lowest BCUT2D eigenvalue weighted by Gasteiger charge is -2.04. The molecule has 4 rings (SSSR count). The maximum absolute atomic E-state index is 12.3. The SMILES string of the molecule is CCOc1ccc(N=C2SC(=Cc3ccc4c(c3)OCO4)C(O)=C2C(=O)OC)cc1. The third-order valence-electron chi connectivity index (χ3n) is 4.35. The molecule has 0 amide bonds. The summed E-state index contributed by atoms with van der Waals surface area (Å²) in [5, 5.41) is 11.1. The Morgan fingerprint density at radius 1 is 1.20 bits per heavy atom. The largest absolute Gasteiger partial charge is 0.506 e. The van der Waals surface area contributed by atoms with E-state index < -0.39 is 5.97 Å². The fourth-order valence-electron chi connectivity index (χ4n) is 2.95. The standard InChI is InChI=1S/C22H19NO6S/c1-3-27-15-7-5-14(6-8-15)23-21-19(22(25)26-2)20(24)18(30-21)11-13-4-9-16-17(10-13)29-12-28-16/h4-11,24H,3,12H2,1-2H3. The van der Waals surface area contributed by atoms with Crippen molar-refractivity contribution < 1.29 is 28.8 Å². The minimum Gasteiger partial charge on any atom is -0.506 e. The third-order valence-corrected chi connectivity index (χ3v) is 5.37. The molecule has 0 radical (unpaired) electrons. The van der Waals surface area contributed by atoms with E-state index in [4.69, 9.17) is 18.9 Å². The molecule has 0 fully saturated rings. The van der Waals surface area contributed by atoms with Gasteiger partial charge in [0.05, 0.1) is 24.3 Å². The summed E-state index contributed by atoms with van der Waals surface area (Å²) in [6, 6.07) is 12.6. The van der Waals surface area contributed by atoms with Crippen LogP contribution in [0.1, 0.15) is 12.5 Å². The number of nitrogens with zero attached hydrogens (tertiary/aromatic N) is 1. The number of rotatable bonds is 5. The molecule has 0 aliphatic carbocycles. The second kappa shape index (κ2) is 8.54. The van der Waals surface area contributed by atoms with Crippen LogP contribution < -0.4 is 14.2 Å². The Morgan fingerprint density at radius 3 is 2.70 bits per heavy atom. The van der Waals surface area contributed by atoms with Crippen LogP contribution >= 0.6 is 11.8 Å². The Morgan fingerprint density at radius 2 is 1.97 bits per heavy atom. The van der Waals surface area contributed by atoms with E-state index in [1.165, 1.54) is 18.9 Å². The highest BCUT2D eigenvalue weighted by molar-refractivity contribution is 8.18. The van der Waals surface area contributed by atoms with Gasteiger partial charge < -0.3 is 24.1 Å². The van der Waals surface area contributed by atoms with Crippen molar-refractivity contribution in [2.24, 2.45) is 4.99 Å². The molecule has 0 saturated heterocycles. The molecule has 2 aliphatic rings. The molecule has 2 aliphatic heterocycles. The van der Waals surface area contributed by atoms with Gasteiger partial charge in [0.25, 0.3) is 0 Å². The summed E-state index contributed by atoms with van der Waals surface area (Å²) in [5.74, 6) is 1.21. The molecule has 0 aromatic heterocycles. The fraction of sp³-hybridized carbons (Fsp3) is 0.182. The van der Waals surface area contributed by atoms with Crippen molar-refractivity contribution in [2.45, 2.75) is 6.92 Å². The minimum absolute atomic E-state index is 0.0309. The lowest BCUT2D eigenvalue weighted by molar-refractivity contribution is -0.135. The molecule has 8 heteroatoms. The first-order valence-electron chi connectivity index (χ1n) is 9.22. The number of methoxy groups -OCH3 is 1. The second-order valence-corrected chi connectivity index (χ2v) is 7.31. The van der Waals surface area contributed by atoms with Crippen LogP contribution in [-0.2, 0) is 9.53 Å². The number of aliphatic imine (C=N–C) groups is 1. The van der Waals surface area contributed by atoms with Gasteiger partial charge in [0.15, 0.2) is 11.5 Å². The van der Waals surface area contributed by atoms with Crippen molar-refractivity contribution in [3.05, 3.63) is 64.3 Å². The molecule has 2 aromatic carbocycles. The van der Waals surface area contributed by atoms with Crippen molar-refractivity contribution in [2.75, 3.05) is 20.5 Å². The van der Waals surface area contributed by atoms with E-state index in [1.807, 2.05) is 19.1 Å². The summed E-state index contributed by atoms with van der Waals surface area (Å²) in [6.45, 7) is 2.66. The molecule has 2 aromatic rings. The number of aliphatic hydroxyl groups excluding tert-OH is 1. The van der Waals surface area contributed by atoms with Crippen LogP contribution in [0.2, 0.25) is 0 Å². The normalized spacial score (nSPS) is 17.7. The number of ether oxygens (including phenoxy) is 4. The first-order valence-corrected chi connectivity index (χ1v) is 10.0. The number of fused-ring (bicyclic) bond motifs is 1. The summed E-state index contributed by atoms with van der Waals surface area (Å²) in [6.07, 6.45) is 1.76. The van der Waals surface area contributed by atoms with Gasteiger partial charge in [-0.25, -0.2) is 9.79 Å². The quantitative estimate of drug-likeness (QED) is 0.700. The van der Waals surface area contributed by atoms with Gasteiger partial charge in [-0.1, -0.05) is 17.8 Å². The van der Waals surface area contributed by atoms with E-state index in [2.05, 4.69) is 4.99 Å². The Labute approximate surface area is 177 Å². The van der Waals surface area contributed by atoms with E-state index in [0.717, 1.165) is 11.3 Å². The van der Waals surface area contributed by atoms with Crippen LogP contribution in [0.3, 0.4) is 0 Å². The van der Waals surface area contributed by atoms with Crippen molar-refractivity contribution >= 4 is 34.5 Å². The first-order chi connectivity index (χ1) is 14.6. The van der Waals surface area contributed by atoms with E-state index in [-0.39, 0.29) is 18.1 Å². The molecule has 154 valence electrons. The predicted molar refractivity (Wildman–Crippen MR) is 115 cm³/mol. The van der Waals surface area contributed by atoms with Gasteiger partial charge in [0, 0.05) is 0 Å². The lowest BCUT2D eigenvalue weighted by atomic mass is 10.1. The van der Waals surface area contributed by atoms with Crippen LogP contribution in [-0.4, -0.2) is 36.6 Å². The zero-order valence-electron chi connectivity index (χ0n) is 16.4. The fourth-order valence-corrected chi connectivity index (χ4v) is 3.98. The minimum atomic E-state index is -0.654. The van der Waals surface area contributed by atoms with Crippen molar-refractivity contribution in [3.63, 3.8) is 0 Å². The molecule has 30 heavy (non-hydrogen) atoms. The second-order valence-electron chi connectivity index (χ2n) is 6.28.